The highest BCUT2D eigenvalue weighted by atomic mass is 35.5. The predicted molar refractivity (Wildman–Crippen MR) is 176 cm³/mol. The molecule has 0 saturated carbocycles. The van der Waals surface area contributed by atoms with E-state index in [1.807, 2.05) is 51.1 Å². The molecule has 0 aliphatic heterocycles. The van der Waals surface area contributed by atoms with Crippen molar-refractivity contribution in [2.24, 2.45) is 5.92 Å². The second-order valence-corrected chi connectivity index (χ2v) is 13.5. The first-order valence-electron chi connectivity index (χ1n) is 14.6. The van der Waals surface area contributed by atoms with E-state index in [4.69, 9.17) is 11.6 Å². The minimum Gasteiger partial charge on any atom is -0.354 e. The number of carbonyl (C=O) groups is 2. The van der Waals surface area contributed by atoms with Crippen LogP contribution in [-0.2, 0) is 32.6 Å². The first-order chi connectivity index (χ1) is 21.5. The van der Waals surface area contributed by atoms with Gasteiger partial charge in [-0.25, -0.2) is 12.8 Å². The maximum atomic E-state index is 14.5. The summed E-state index contributed by atoms with van der Waals surface area (Å²) in [6.45, 7) is 5.55. The van der Waals surface area contributed by atoms with Crippen LogP contribution in [0.5, 0.6) is 0 Å². The third-order valence-electron chi connectivity index (χ3n) is 7.26. The minimum absolute atomic E-state index is 0.0383. The van der Waals surface area contributed by atoms with E-state index in [9.17, 15) is 22.4 Å². The van der Waals surface area contributed by atoms with E-state index in [0.29, 0.717) is 17.1 Å². The Morgan fingerprint density at radius 1 is 0.867 bits per heavy atom. The van der Waals surface area contributed by atoms with Crippen LogP contribution in [0.1, 0.15) is 30.5 Å². The summed E-state index contributed by atoms with van der Waals surface area (Å²) in [5.41, 5.74) is 2.58. The smallest absolute Gasteiger partial charge is 0.264 e. The van der Waals surface area contributed by atoms with E-state index >= 15 is 0 Å². The number of carbonyl (C=O) groups excluding carboxylic acids is 2. The molecule has 0 saturated heterocycles. The molecule has 7 nitrogen and oxygen atoms in total. The molecule has 4 aromatic rings. The van der Waals surface area contributed by atoms with E-state index in [-0.39, 0.29) is 35.4 Å². The van der Waals surface area contributed by atoms with Gasteiger partial charge < -0.3 is 10.2 Å². The van der Waals surface area contributed by atoms with Crippen LogP contribution in [-0.4, -0.2) is 44.3 Å². The molecule has 0 unspecified atom stereocenters. The average molecular weight is 650 g/mol. The van der Waals surface area contributed by atoms with Gasteiger partial charge in [-0.15, -0.1) is 0 Å². The molecule has 1 N–H and O–H groups in total. The van der Waals surface area contributed by atoms with Gasteiger partial charge in [0.05, 0.1) is 10.6 Å². The molecule has 10 heteroatoms. The number of amides is 2. The zero-order valence-corrected chi connectivity index (χ0v) is 27.1. The van der Waals surface area contributed by atoms with Gasteiger partial charge in [0.2, 0.25) is 11.8 Å². The molecule has 0 bridgehead atoms. The fraction of sp³-hybridized carbons (Fsp3) is 0.257. The second-order valence-electron chi connectivity index (χ2n) is 11.3. The van der Waals surface area contributed by atoms with Crippen molar-refractivity contribution in [3.63, 3.8) is 0 Å². The Morgan fingerprint density at radius 3 is 2.11 bits per heavy atom. The van der Waals surface area contributed by atoms with Crippen LogP contribution in [0, 0.1) is 18.7 Å². The number of halogens is 2. The molecule has 0 heterocycles. The number of sulfonamides is 1. The van der Waals surface area contributed by atoms with Crippen molar-refractivity contribution in [3.05, 3.63) is 131 Å². The highest BCUT2D eigenvalue weighted by molar-refractivity contribution is 7.92. The Hall–Kier alpha value is -4.21. The molecule has 0 fully saturated rings. The Kier molecular flexibility index (Phi) is 11.4. The summed E-state index contributed by atoms with van der Waals surface area (Å²) < 4.78 is 42.7. The van der Waals surface area contributed by atoms with Gasteiger partial charge in [0, 0.05) is 24.5 Å². The fourth-order valence-electron chi connectivity index (χ4n) is 4.76. The van der Waals surface area contributed by atoms with Gasteiger partial charge in [0.15, 0.2) is 0 Å². The standard InChI is InChI=1S/C35H37ClFN3O4S/c1-25(2)22-38-35(42)33(21-27-9-5-4-6-10-27)39(23-28-11-7-8-12-32(28)36)34(41)24-40(30-17-13-26(3)14-18-30)45(43,44)31-19-15-29(37)16-20-31/h4-20,25,33H,21-24H2,1-3H3,(H,38,42)/t33-/m1/s1. The lowest BCUT2D eigenvalue weighted by molar-refractivity contribution is -0.140. The van der Waals surface area contributed by atoms with Crippen LogP contribution in [0.25, 0.3) is 0 Å². The molecule has 45 heavy (non-hydrogen) atoms. The van der Waals surface area contributed by atoms with Crippen LogP contribution in [0.15, 0.2) is 108 Å². The number of anilines is 1. The maximum Gasteiger partial charge on any atom is 0.264 e. The van der Waals surface area contributed by atoms with E-state index in [2.05, 4.69) is 5.32 Å². The fourth-order valence-corrected chi connectivity index (χ4v) is 6.37. The van der Waals surface area contributed by atoms with Crippen molar-refractivity contribution in [1.82, 2.24) is 10.2 Å². The van der Waals surface area contributed by atoms with Crippen molar-refractivity contribution in [2.75, 3.05) is 17.4 Å². The van der Waals surface area contributed by atoms with Gasteiger partial charge in [-0.3, -0.25) is 13.9 Å². The van der Waals surface area contributed by atoms with Gasteiger partial charge in [-0.2, -0.15) is 0 Å². The summed E-state index contributed by atoms with van der Waals surface area (Å²) >= 11 is 6.53. The predicted octanol–water partition coefficient (Wildman–Crippen LogP) is 6.40. The summed E-state index contributed by atoms with van der Waals surface area (Å²) in [4.78, 5) is 29.5. The molecule has 0 spiro atoms. The molecular formula is C35H37ClFN3O4S. The van der Waals surface area contributed by atoms with Crippen molar-refractivity contribution >= 4 is 39.1 Å². The second kappa shape index (κ2) is 15.2. The van der Waals surface area contributed by atoms with Crippen LogP contribution in [0.3, 0.4) is 0 Å². The minimum atomic E-state index is -4.33. The number of benzene rings is 4. The van der Waals surface area contributed by atoms with Crippen molar-refractivity contribution in [3.8, 4) is 0 Å². The van der Waals surface area contributed by atoms with E-state index in [1.165, 1.54) is 4.90 Å². The van der Waals surface area contributed by atoms with E-state index < -0.39 is 34.3 Å². The molecule has 0 aliphatic carbocycles. The monoisotopic (exact) mass is 649 g/mol. The number of hydrogen-bond donors (Lipinski definition) is 1. The molecular weight excluding hydrogens is 613 g/mol. The molecule has 4 aromatic carbocycles. The lowest BCUT2D eigenvalue weighted by Gasteiger charge is -2.34. The third-order valence-corrected chi connectivity index (χ3v) is 9.41. The van der Waals surface area contributed by atoms with Gasteiger partial charge in [-0.1, -0.05) is 91.7 Å². The van der Waals surface area contributed by atoms with Crippen LogP contribution in [0.4, 0.5) is 10.1 Å². The highest BCUT2D eigenvalue weighted by Crippen LogP contribution is 2.26. The van der Waals surface area contributed by atoms with Crippen molar-refractivity contribution in [2.45, 2.75) is 44.7 Å². The van der Waals surface area contributed by atoms with Gasteiger partial charge in [-0.05, 0) is 66.4 Å². The first-order valence-corrected chi connectivity index (χ1v) is 16.5. The molecule has 236 valence electrons. The Bertz CT molecular complexity index is 1700. The molecule has 0 aromatic heterocycles. The lowest BCUT2D eigenvalue weighted by Crippen LogP contribution is -2.53. The van der Waals surface area contributed by atoms with Crippen molar-refractivity contribution < 1.29 is 22.4 Å². The largest absolute Gasteiger partial charge is 0.354 e. The third kappa shape index (κ3) is 8.93. The Balaban J connectivity index is 1.80. The zero-order valence-electron chi connectivity index (χ0n) is 25.5. The zero-order chi connectivity index (χ0) is 32.6. The summed E-state index contributed by atoms with van der Waals surface area (Å²) in [7, 11) is -4.33. The number of rotatable bonds is 13. The van der Waals surface area contributed by atoms with Crippen LogP contribution >= 0.6 is 11.6 Å². The quantitative estimate of drug-likeness (QED) is 0.182. The van der Waals surface area contributed by atoms with Gasteiger partial charge in [0.25, 0.3) is 10.0 Å². The van der Waals surface area contributed by atoms with E-state index in [1.54, 1.807) is 48.5 Å². The maximum absolute atomic E-state index is 14.5. The van der Waals surface area contributed by atoms with Crippen LogP contribution in [0.2, 0.25) is 5.02 Å². The summed E-state index contributed by atoms with van der Waals surface area (Å²) in [5.74, 6) is -1.40. The lowest BCUT2D eigenvalue weighted by atomic mass is 10.0. The number of nitrogens with zero attached hydrogens (tertiary/aromatic N) is 2. The molecule has 1 atom stereocenters. The molecule has 4 rings (SSSR count). The molecule has 2 amide bonds. The Labute approximate surface area is 269 Å². The van der Waals surface area contributed by atoms with Gasteiger partial charge >= 0.3 is 0 Å². The van der Waals surface area contributed by atoms with Crippen molar-refractivity contribution in [1.29, 1.82) is 0 Å². The topological polar surface area (TPSA) is 86.8 Å². The summed E-state index contributed by atoms with van der Waals surface area (Å²) in [5, 5.41) is 3.37. The molecule has 0 aliphatic rings. The average Bonchev–Trinajstić information content (AvgIpc) is 3.02. The molecule has 0 radical (unpaired) electrons. The number of nitrogens with one attached hydrogen (secondary N) is 1. The first kappa shape index (κ1) is 33.7. The summed E-state index contributed by atoms with van der Waals surface area (Å²) in [6, 6.07) is 26.5. The highest BCUT2D eigenvalue weighted by Gasteiger charge is 2.35. The number of aryl methyl sites for hydroxylation is 1. The number of hydrogen-bond acceptors (Lipinski definition) is 4. The SMILES string of the molecule is Cc1ccc(N(CC(=O)N(Cc2ccccc2Cl)[C@H](Cc2ccccc2)C(=O)NCC(C)C)S(=O)(=O)c2ccc(F)cc2)cc1. The van der Waals surface area contributed by atoms with Gasteiger partial charge in [0.1, 0.15) is 18.4 Å². The summed E-state index contributed by atoms with van der Waals surface area (Å²) in [6.07, 6.45) is 0.191. The Morgan fingerprint density at radius 2 is 1.49 bits per heavy atom. The van der Waals surface area contributed by atoms with E-state index in [0.717, 1.165) is 39.7 Å². The normalized spacial score (nSPS) is 12.0. The van der Waals surface area contributed by atoms with Crippen LogP contribution < -0.4 is 9.62 Å².